The van der Waals surface area contributed by atoms with E-state index in [4.69, 9.17) is 4.74 Å². The number of aliphatic hydroxyl groups excluding tert-OH is 1. The van der Waals surface area contributed by atoms with Crippen LogP contribution in [-0.4, -0.2) is 43.1 Å². The molecule has 3 rings (SSSR count). The zero-order valence-corrected chi connectivity index (χ0v) is 20.0. The number of aliphatic hydroxyl groups is 1. The summed E-state index contributed by atoms with van der Waals surface area (Å²) in [6, 6.07) is 21.2. The van der Waals surface area contributed by atoms with Crippen molar-refractivity contribution in [3.8, 4) is 0 Å². The highest BCUT2D eigenvalue weighted by molar-refractivity contribution is 7.91. The van der Waals surface area contributed by atoms with E-state index in [9.17, 15) is 18.3 Å². The van der Waals surface area contributed by atoms with Crippen molar-refractivity contribution in [2.45, 2.75) is 56.3 Å². The summed E-state index contributed by atoms with van der Waals surface area (Å²) < 4.78 is 31.5. The third kappa shape index (κ3) is 7.30. The number of carbonyl (C=O) groups is 1. The van der Waals surface area contributed by atoms with E-state index >= 15 is 0 Å². The maximum absolute atomic E-state index is 13.1. The molecule has 0 unspecified atom stereocenters. The Labute approximate surface area is 195 Å². The highest BCUT2D eigenvalue weighted by Crippen LogP contribution is 2.21. The van der Waals surface area contributed by atoms with Crippen LogP contribution in [0.5, 0.6) is 0 Å². The summed E-state index contributed by atoms with van der Waals surface area (Å²) in [7, 11) is -3.79. The molecule has 3 aromatic rings. The van der Waals surface area contributed by atoms with Crippen LogP contribution >= 0.6 is 0 Å². The molecule has 176 valence electrons. The fourth-order valence-corrected chi connectivity index (χ4v) is 5.04. The molecule has 2 N–H and O–H groups in total. The number of nitrogens with one attached hydrogen (secondary N) is 1. The van der Waals surface area contributed by atoms with Gasteiger partial charge in [-0.2, -0.15) is 0 Å². The van der Waals surface area contributed by atoms with Gasteiger partial charge >= 0.3 is 6.09 Å². The second-order valence-electron chi connectivity index (χ2n) is 9.13. The Morgan fingerprint density at radius 2 is 1.61 bits per heavy atom. The van der Waals surface area contributed by atoms with Gasteiger partial charge in [0.1, 0.15) is 5.60 Å². The number of sulfone groups is 1. The smallest absolute Gasteiger partial charge is 0.407 e. The number of amides is 1. The standard InChI is InChI=1S/C26H31NO5S/c1-26(2,3)32-25(29)27-23(16-13-19-9-5-4-6-10-19)24(28)18-33(30,31)22-15-14-20-11-7-8-12-21(20)17-22/h4-12,14-15,17,23-24,28H,13,16,18H2,1-3H3,(H,27,29)/t23-,24+/m0/s1. The molecular weight excluding hydrogens is 438 g/mol. The minimum Gasteiger partial charge on any atom is -0.444 e. The Balaban J connectivity index is 1.77. The Hall–Kier alpha value is -2.90. The van der Waals surface area contributed by atoms with Gasteiger partial charge in [-0.1, -0.05) is 60.7 Å². The molecule has 0 radical (unpaired) electrons. The van der Waals surface area contributed by atoms with E-state index in [1.165, 1.54) is 0 Å². The molecule has 1 amide bonds. The summed E-state index contributed by atoms with van der Waals surface area (Å²) in [6.45, 7) is 5.23. The summed E-state index contributed by atoms with van der Waals surface area (Å²) in [4.78, 5) is 12.5. The first kappa shape index (κ1) is 24.7. The molecular formula is C26H31NO5S. The van der Waals surface area contributed by atoms with Gasteiger partial charge in [-0.25, -0.2) is 13.2 Å². The van der Waals surface area contributed by atoms with Crippen molar-refractivity contribution in [2.24, 2.45) is 0 Å². The summed E-state index contributed by atoms with van der Waals surface area (Å²) in [5.41, 5.74) is 0.314. The third-order valence-corrected chi connectivity index (χ3v) is 6.98. The maximum atomic E-state index is 13.1. The number of benzene rings is 3. The van der Waals surface area contributed by atoms with Crippen molar-refractivity contribution in [1.29, 1.82) is 0 Å². The van der Waals surface area contributed by atoms with Crippen molar-refractivity contribution in [2.75, 3.05) is 5.75 Å². The normalized spacial score (nSPS) is 13.9. The molecule has 2 atom stereocenters. The maximum Gasteiger partial charge on any atom is 0.407 e. The van der Waals surface area contributed by atoms with Gasteiger partial charge in [-0.15, -0.1) is 0 Å². The molecule has 33 heavy (non-hydrogen) atoms. The predicted octanol–water partition coefficient (Wildman–Crippen LogP) is 4.50. The van der Waals surface area contributed by atoms with Gasteiger partial charge in [0.2, 0.25) is 0 Å². The first-order valence-corrected chi connectivity index (χ1v) is 12.6. The fourth-order valence-electron chi connectivity index (χ4n) is 3.58. The number of rotatable bonds is 8. The molecule has 6 nitrogen and oxygen atoms in total. The Morgan fingerprint density at radius 3 is 2.27 bits per heavy atom. The molecule has 0 aliphatic carbocycles. The summed E-state index contributed by atoms with van der Waals surface area (Å²) in [5, 5.41) is 15.3. The third-order valence-electron chi connectivity index (χ3n) is 5.22. The number of carbonyl (C=O) groups excluding carboxylic acids is 1. The molecule has 0 aromatic heterocycles. The molecule has 0 fully saturated rings. The molecule has 0 heterocycles. The van der Waals surface area contributed by atoms with Gasteiger partial charge in [0, 0.05) is 0 Å². The topological polar surface area (TPSA) is 92.7 Å². The molecule has 7 heteroatoms. The highest BCUT2D eigenvalue weighted by Gasteiger charge is 2.29. The molecule has 0 spiro atoms. The van der Waals surface area contributed by atoms with E-state index in [-0.39, 0.29) is 4.90 Å². The second-order valence-corrected chi connectivity index (χ2v) is 11.2. The SMILES string of the molecule is CC(C)(C)OC(=O)N[C@@H](CCc1ccccc1)[C@H](O)CS(=O)(=O)c1ccc2ccccc2c1. The van der Waals surface area contributed by atoms with Crippen LogP contribution in [0, 0.1) is 0 Å². The number of hydrogen-bond donors (Lipinski definition) is 2. The van der Waals surface area contributed by atoms with E-state index in [0.29, 0.717) is 12.8 Å². The van der Waals surface area contributed by atoms with Crippen LogP contribution in [0.2, 0.25) is 0 Å². The van der Waals surface area contributed by atoms with Crippen LogP contribution in [0.25, 0.3) is 10.8 Å². The largest absolute Gasteiger partial charge is 0.444 e. The van der Waals surface area contributed by atoms with E-state index in [0.717, 1.165) is 16.3 Å². The molecule has 0 aliphatic rings. The van der Waals surface area contributed by atoms with E-state index in [1.807, 2.05) is 54.6 Å². The fraction of sp³-hybridized carbons (Fsp3) is 0.346. The summed E-state index contributed by atoms with van der Waals surface area (Å²) >= 11 is 0. The van der Waals surface area contributed by atoms with Crippen molar-refractivity contribution in [3.05, 3.63) is 78.4 Å². The van der Waals surface area contributed by atoms with Gasteiger partial charge in [-0.05, 0) is 62.1 Å². The van der Waals surface area contributed by atoms with Crippen molar-refractivity contribution in [3.63, 3.8) is 0 Å². The average molecular weight is 470 g/mol. The van der Waals surface area contributed by atoms with E-state index in [1.54, 1.807) is 39.0 Å². The number of aryl methyl sites for hydroxylation is 1. The van der Waals surface area contributed by atoms with Crippen LogP contribution in [0.15, 0.2) is 77.7 Å². The van der Waals surface area contributed by atoms with Crippen molar-refractivity contribution in [1.82, 2.24) is 5.32 Å². The van der Waals surface area contributed by atoms with Crippen LogP contribution in [0.1, 0.15) is 32.8 Å². The van der Waals surface area contributed by atoms with Crippen LogP contribution < -0.4 is 5.32 Å². The summed E-state index contributed by atoms with van der Waals surface area (Å²) in [6.07, 6.45) is -1.08. The minimum atomic E-state index is -3.79. The number of fused-ring (bicyclic) bond motifs is 1. The molecule has 0 aliphatic heterocycles. The lowest BCUT2D eigenvalue weighted by Crippen LogP contribution is -2.48. The average Bonchev–Trinajstić information content (AvgIpc) is 2.75. The lowest BCUT2D eigenvalue weighted by atomic mass is 10.0. The van der Waals surface area contributed by atoms with E-state index in [2.05, 4.69) is 5.32 Å². The molecule has 0 saturated heterocycles. The van der Waals surface area contributed by atoms with Gasteiger partial charge in [0.15, 0.2) is 9.84 Å². The zero-order chi connectivity index (χ0) is 24.1. The van der Waals surface area contributed by atoms with Gasteiger partial charge in [0.25, 0.3) is 0 Å². The molecule has 0 saturated carbocycles. The lowest BCUT2D eigenvalue weighted by Gasteiger charge is -2.27. The Morgan fingerprint density at radius 1 is 0.970 bits per heavy atom. The number of alkyl carbamates (subject to hydrolysis) is 1. The van der Waals surface area contributed by atoms with Crippen LogP contribution in [0.3, 0.4) is 0 Å². The van der Waals surface area contributed by atoms with Crippen molar-refractivity contribution < 1.29 is 23.1 Å². The second kappa shape index (κ2) is 10.4. The molecule has 3 aromatic carbocycles. The minimum absolute atomic E-state index is 0.138. The predicted molar refractivity (Wildman–Crippen MR) is 130 cm³/mol. The number of hydrogen-bond acceptors (Lipinski definition) is 5. The lowest BCUT2D eigenvalue weighted by molar-refractivity contribution is 0.0433. The van der Waals surface area contributed by atoms with Crippen molar-refractivity contribution >= 4 is 26.7 Å². The highest BCUT2D eigenvalue weighted by atomic mass is 32.2. The monoisotopic (exact) mass is 469 g/mol. The first-order chi connectivity index (χ1) is 15.5. The Bertz CT molecular complexity index is 1190. The Kier molecular flexibility index (Phi) is 7.76. The van der Waals surface area contributed by atoms with Crippen LogP contribution in [0.4, 0.5) is 4.79 Å². The quantitative estimate of drug-likeness (QED) is 0.507. The van der Waals surface area contributed by atoms with Gasteiger partial charge in [-0.3, -0.25) is 0 Å². The molecule has 0 bridgehead atoms. The van der Waals surface area contributed by atoms with Crippen LogP contribution in [-0.2, 0) is 21.0 Å². The number of ether oxygens (including phenoxy) is 1. The first-order valence-electron chi connectivity index (χ1n) is 11.0. The van der Waals surface area contributed by atoms with Gasteiger partial charge in [0.05, 0.1) is 22.8 Å². The summed E-state index contributed by atoms with van der Waals surface area (Å²) in [5.74, 6) is -0.513. The van der Waals surface area contributed by atoms with Gasteiger partial charge < -0.3 is 15.2 Å². The van der Waals surface area contributed by atoms with E-state index < -0.39 is 39.4 Å². The zero-order valence-electron chi connectivity index (χ0n) is 19.2.